The van der Waals surface area contributed by atoms with Crippen molar-refractivity contribution < 1.29 is 24.2 Å². The highest BCUT2D eigenvalue weighted by Crippen LogP contribution is 2.27. The van der Waals surface area contributed by atoms with Gasteiger partial charge in [-0.3, -0.25) is 9.59 Å². The van der Waals surface area contributed by atoms with E-state index >= 15 is 0 Å². The SMILES string of the molecule is CCOc1ccc(C(=O)NCC(O)C(N)=O)cc1OC. The highest BCUT2D eigenvalue weighted by atomic mass is 16.5. The molecule has 1 unspecified atom stereocenters. The van der Waals surface area contributed by atoms with Crippen molar-refractivity contribution in [1.82, 2.24) is 5.32 Å². The Kier molecular flexibility index (Phi) is 5.79. The Labute approximate surface area is 116 Å². The van der Waals surface area contributed by atoms with Crippen LogP contribution in [0.5, 0.6) is 11.5 Å². The molecule has 0 aromatic heterocycles. The molecular formula is C13H18N2O5. The number of hydrogen-bond donors (Lipinski definition) is 3. The summed E-state index contributed by atoms with van der Waals surface area (Å²) in [4.78, 5) is 22.5. The summed E-state index contributed by atoms with van der Waals surface area (Å²) >= 11 is 0. The average Bonchev–Trinajstić information content (AvgIpc) is 2.44. The van der Waals surface area contributed by atoms with Gasteiger partial charge in [-0.1, -0.05) is 0 Å². The zero-order valence-corrected chi connectivity index (χ0v) is 11.4. The third-order valence-corrected chi connectivity index (χ3v) is 2.51. The van der Waals surface area contributed by atoms with E-state index in [1.165, 1.54) is 13.2 Å². The van der Waals surface area contributed by atoms with Gasteiger partial charge >= 0.3 is 0 Å². The quantitative estimate of drug-likeness (QED) is 0.634. The van der Waals surface area contributed by atoms with E-state index in [2.05, 4.69) is 5.32 Å². The second kappa shape index (κ2) is 7.34. The van der Waals surface area contributed by atoms with Crippen molar-refractivity contribution in [2.24, 2.45) is 5.73 Å². The van der Waals surface area contributed by atoms with Gasteiger partial charge < -0.3 is 25.6 Å². The molecule has 0 heterocycles. The minimum Gasteiger partial charge on any atom is -0.493 e. The number of rotatable bonds is 7. The smallest absolute Gasteiger partial charge is 0.251 e. The van der Waals surface area contributed by atoms with Crippen LogP contribution in [0.2, 0.25) is 0 Å². The lowest BCUT2D eigenvalue weighted by Gasteiger charge is -2.12. The Bertz CT molecular complexity index is 490. The van der Waals surface area contributed by atoms with Crippen LogP contribution in [0.1, 0.15) is 17.3 Å². The first-order valence-corrected chi connectivity index (χ1v) is 6.06. The molecule has 0 bridgehead atoms. The van der Waals surface area contributed by atoms with Gasteiger partial charge in [-0.05, 0) is 25.1 Å². The first kappa shape index (κ1) is 15.8. The Hall–Kier alpha value is -2.28. The Balaban J connectivity index is 2.76. The Morgan fingerprint density at radius 1 is 1.40 bits per heavy atom. The number of nitrogens with one attached hydrogen (secondary N) is 1. The highest BCUT2D eigenvalue weighted by Gasteiger charge is 2.14. The fourth-order valence-corrected chi connectivity index (χ4v) is 1.48. The van der Waals surface area contributed by atoms with Crippen LogP contribution in [0.3, 0.4) is 0 Å². The lowest BCUT2D eigenvalue weighted by molar-refractivity contribution is -0.125. The van der Waals surface area contributed by atoms with Crippen molar-refractivity contribution in [2.75, 3.05) is 20.3 Å². The van der Waals surface area contributed by atoms with Crippen LogP contribution in [-0.2, 0) is 4.79 Å². The first-order valence-electron chi connectivity index (χ1n) is 6.06. The van der Waals surface area contributed by atoms with E-state index < -0.39 is 17.9 Å². The zero-order valence-electron chi connectivity index (χ0n) is 11.4. The molecule has 1 aromatic rings. The molecule has 0 saturated carbocycles. The molecule has 0 fully saturated rings. The van der Waals surface area contributed by atoms with Crippen molar-refractivity contribution in [2.45, 2.75) is 13.0 Å². The van der Waals surface area contributed by atoms with Crippen molar-refractivity contribution >= 4 is 11.8 Å². The van der Waals surface area contributed by atoms with E-state index in [0.29, 0.717) is 23.7 Å². The lowest BCUT2D eigenvalue weighted by atomic mass is 10.2. The van der Waals surface area contributed by atoms with Crippen LogP contribution >= 0.6 is 0 Å². The van der Waals surface area contributed by atoms with E-state index in [4.69, 9.17) is 15.2 Å². The molecule has 2 amide bonds. The van der Waals surface area contributed by atoms with Gasteiger partial charge in [0.15, 0.2) is 11.5 Å². The van der Waals surface area contributed by atoms with E-state index in [9.17, 15) is 14.7 Å². The van der Waals surface area contributed by atoms with Gasteiger partial charge in [-0.2, -0.15) is 0 Å². The molecule has 0 saturated heterocycles. The monoisotopic (exact) mass is 282 g/mol. The van der Waals surface area contributed by atoms with Crippen LogP contribution in [0.15, 0.2) is 18.2 Å². The molecule has 0 radical (unpaired) electrons. The van der Waals surface area contributed by atoms with Crippen LogP contribution in [-0.4, -0.2) is 43.3 Å². The summed E-state index contributed by atoms with van der Waals surface area (Å²) in [5.41, 5.74) is 5.20. The predicted molar refractivity (Wildman–Crippen MR) is 71.7 cm³/mol. The van der Waals surface area contributed by atoms with E-state index in [1.807, 2.05) is 6.92 Å². The summed E-state index contributed by atoms with van der Waals surface area (Å²) in [7, 11) is 1.47. The van der Waals surface area contributed by atoms with Crippen LogP contribution in [0, 0.1) is 0 Å². The van der Waals surface area contributed by atoms with E-state index in [0.717, 1.165) is 0 Å². The first-order chi connectivity index (χ1) is 9.49. The van der Waals surface area contributed by atoms with Gasteiger partial charge in [-0.25, -0.2) is 0 Å². The van der Waals surface area contributed by atoms with Crippen molar-refractivity contribution in [3.8, 4) is 11.5 Å². The number of carbonyl (C=O) groups is 2. The molecule has 0 aliphatic rings. The predicted octanol–water partition coefficient (Wildman–Crippen LogP) is -0.330. The molecule has 7 heteroatoms. The molecule has 110 valence electrons. The van der Waals surface area contributed by atoms with Crippen molar-refractivity contribution in [3.63, 3.8) is 0 Å². The second-order valence-corrected chi connectivity index (χ2v) is 3.93. The third kappa shape index (κ3) is 4.13. The molecule has 7 nitrogen and oxygen atoms in total. The zero-order chi connectivity index (χ0) is 15.1. The molecule has 1 aromatic carbocycles. The molecule has 4 N–H and O–H groups in total. The number of ether oxygens (including phenoxy) is 2. The van der Waals surface area contributed by atoms with Gasteiger partial charge in [0.2, 0.25) is 5.91 Å². The molecule has 1 rings (SSSR count). The van der Waals surface area contributed by atoms with Crippen molar-refractivity contribution in [1.29, 1.82) is 0 Å². The number of hydrogen-bond acceptors (Lipinski definition) is 5. The standard InChI is InChI=1S/C13H18N2O5/c1-3-20-10-5-4-8(6-11(10)19-2)13(18)15-7-9(16)12(14)17/h4-6,9,16H,3,7H2,1-2H3,(H2,14,17)(H,15,18). The number of benzene rings is 1. The molecule has 0 spiro atoms. The lowest BCUT2D eigenvalue weighted by Crippen LogP contribution is -2.39. The normalized spacial score (nSPS) is 11.6. The maximum absolute atomic E-state index is 11.8. The van der Waals surface area contributed by atoms with Crippen LogP contribution in [0.25, 0.3) is 0 Å². The highest BCUT2D eigenvalue weighted by molar-refractivity contribution is 5.95. The topological polar surface area (TPSA) is 111 Å². The Morgan fingerprint density at radius 3 is 2.65 bits per heavy atom. The minimum absolute atomic E-state index is 0.246. The van der Waals surface area contributed by atoms with E-state index in [-0.39, 0.29) is 6.54 Å². The van der Waals surface area contributed by atoms with Gasteiger partial charge in [-0.15, -0.1) is 0 Å². The summed E-state index contributed by atoms with van der Waals surface area (Å²) in [6.45, 7) is 2.07. The van der Waals surface area contributed by atoms with Gasteiger partial charge in [0.1, 0.15) is 6.10 Å². The fraction of sp³-hybridized carbons (Fsp3) is 0.385. The molecule has 0 aliphatic heterocycles. The largest absolute Gasteiger partial charge is 0.493 e. The number of aliphatic hydroxyl groups is 1. The third-order valence-electron chi connectivity index (χ3n) is 2.51. The molecular weight excluding hydrogens is 264 g/mol. The van der Waals surface area contributed by atoms with Crippen molar-refractivity contribution in [3.05, 3.63) is 23.8 Å². The summed E-state index contributed by atoms with van der Waals surface area (Å²) in [6, 6.07) is 4.68. The van der Waals surface area contributed by atoms with Gasteiger partial charge in [0.05, 0.1) is 20.3 Å². The van der Waals surface area contributed by atoms with Crippen LogP contribution < -0.4 is 20.5 Å². The number of nitrogens with two attached hydrogens (primary N) is 1. The van der Waals surface area contributed by atoms with Crippen LogP contribution in [0.4, 0.5) is 0 Å². The summed E-state index contributed by atoms with van der Waals surface area (Å²) < 4.78 is 10.5. The van der Waals surface area contributed by atoms with Gasteiger partial charge in [0, 0.05) is 5.56 Å². The summed E-state index contributed by atoms with van der Waals surface area (Å²) in [6.07, 6.45) is -1.41. The maximum atomic E-state index is 11.8. The van der Waals surface area contributed by atoms with E-state index in [1.54, 1.807) is 12.1 Å². The molecule has 20 heavy (non-hydrogen) atoms. The molecule has 1 atom stereocenters. The number of carbonyl (C=O) groups excluding carboxylic acids is 2. The maximum Gasteiger partial charge on any atom is 0.251 e. The molecule has 0 aliphatic carbocycles. The number of aliphatic hydroxyl groups excluding tert-OH is 1. The van der Waals surface area contributed by atoms with Gasteiger partial charge in [0.25, 0.3) is 5.91 Å². The number of primary amides is 1. The Morgan fingerprint density at radius 2 is 2.10 bits per heavy atom. The number of methoxy groups -OCH3 is 1. The summed E-state index contributed by atoms with van der Waals surface area (Å²) in [5.74, 6) is -0.389. The minimum atomic E-state index is -1.41. The fourth-order valence-electron chi connectivity index (χ4n) is 1.48. The number of amides is 2. The average molecular weight is 282 g/mol. The second-order valence-electron chi connectivity index (χ2n) is 3.93. The summed E-state index contributed by atoms with van der Waals surface area (Å²) in [5, 5.41) is 11.6.